The molecule has 2 aromatic rings. The van der Waals surface area contributed by atoms with Crippen molar-refractivity contribution in [3.05, 3.63) is 41.2 Å². The highest BCUT2D eigenvalue weighted by molar-refractivity contribution is 5.55. The molecule has 1 aromatic carbocycles. The average Bonchev–Trinajstić information content (AvgIpc) is 2.35. The van der Waals surface area contributed by atoms with Gasteiger partial charge in [-0.2, -0.15) is 18.2 Å². The van der Waals surface area contributed by atoms with Crippen LogP contribution in [0.1, 0.15) is 17.0 Å². The second-order valence-corrected chi connectivity index (χ2v) is 4.10. The first-order chi connectivity index (χ1) is 8.95. The van der Waals surface area contributed by atoms with Gasteiger partial charge in [0.25, 0.3) is 0 Å². The van der Waals surface area contributed by atoms with Gasteiger partial charge in [-0.15, -0.1) is 0 Å². The van der Waals surface area contributed by atoms with Crippen LogP contribution in [0.15, 0.2) is 24.3 Å². The van der Waals surface area contributed by atoms with E-state index in [1.54, 1.807) is 12.1 Å². The highest BCUT2D eigenvalue weighted by atomic mass is 19.4. The maximum absolute atomic E-state index is 12.6. The summed E-state index contributed by atoms with van der Waals surface area (Å²) in [6, 6.07) is 7.03. The number of para-hydroxylation sites is 1. The summed E-state index contributed by atoms with van der Waals surface area (Å²) < 4.78 is 43.2. The third-order valence-corrected chi connectivity index (χ3v) is 2.80. The van der Waals surface area contributed by atoms with Gasteiger partial charge in [0.15, 0.2) is 0 Å². The predicted octanol–water partition coefficient (Wildman–Crippen LogP) is 2.77. The molecule has 0 fully saturated rings. The monoisotopic (exact) mass is 267 g/mol. The van der Waals surface area contributed by atoms with Crippen LogP contribution in [-0.4, -0.2) is 9.97 Å². The van der Waals surface area contributed by atoms with Gasteiger partial charge in [0, 0.05) is 6.42 Å². The molecule has 1 aliphatic rings. The number of nitrogens with two attached hydrogens (primary N) is 1. The topological polar surface area (TPSA) is 61.0 Å². The highest BCUT2D eigenvalue weighted by Crippen LogP contribution is 2.39. The summed E-state index contributed by atoms with van der Waals surface area (Å²) in [5.41, 5.74) is 6.78. The summed E-state index contributed by atoms with van der Waals surface area (Å²) in [5.74, 6) is -1.13. The molecular formula is C12H8F3N3O. The normalized spacial score (nSPS) is 13.4. The van der Waals surface area contributed by atoms with E-state index in [-0.39, 0.29) is 11.7 Å². The molecule has 0 bridgehead atoms. The highest BCUT2D eigenvalue weighted by Gasteiger charge is 2.37. The number of alkyl halides is 3. The Morgan fingerprint density at radius 2 is 1.89 bits per heavy atom. The van der Waals surface area contributed by atoms with Gasteiger partial charge in [-0.3, -0.25) is 0 Å². The Hall–Kier alpha value is -2.31. The molecule has 0 unspecified atom stereocenters. The average molecular weight is 267 g/mol. The van der Waals surface area contributed by atoms with E-state index in [1.807, 2.05) is 12.1 Å². The van der Waals surface area contributed by atoms with Crippen LogP contribution < -0.4 is 10.5 Å². The molecule has 1 aliphatic heterocycles. The molecule has 0 saturated heterocycles. The fourth-order valence-corrected chi connectivity index (χ4v) is 1.90. The maximum atomic E-state index is 12.6. The van der Waals surface area contributed by atoms with Crippen molar-refractivity contribution in [3.8, 4) is 11.6 Å². The second-order valence-electron chi connectivity index (χ2n) is 4.10. The molecule has 98 valence electrons. The van der Waals surface area contributed by atoms with Crippen molar-refractivity contribution >= 4 is 5.82 Å². The van der Waals surface area contributed by atoms with Crippen LogP contribution in [0.2, 0.25) is 0 Å². The zero-order valence-electron chi connectivity index (χ0n) is 9.53. The summed E-state index contributed by atoms with van der Waals surface area (Å²) >= 11 is 0. The van der Waals surface area contributed by atoms with E-state index in [4.69, 9.17) is 10.5 Å². The lowest BCUT2D eigenvalue weighted by Gasteiger charge is -2.20. The lowest BCUT2D eigenvalue weighted by molar-refractivity contribution is -0.145. The first-order valence-corrected chi connectivity index (χ1v) is 5.44. The smallest absolute Gasteiger partial charge is 0.438 e. The SMILES string of the molecule is Nc1nc(C(F)(F)F)nc2c1Cc1ccccc1O2. The molecule has 0 aliphatic carbocycles. The lowest BCUT2D eigenvalue weighted by atomic mass is 10.0. The molecule has 3 rings (SSSR count). The molecule has 1 aromatic heterocycles. The Bertz CT molecular complexity index is 655. The van der Waals surface area contributed by atoms with Gasteiger partial charge in [-0.25, -0.2) is 4.98 Å². The Kier molecular flexibility index (Phi) is 2.38. The van der Waals surface area contributed by atoms with Crippen LogP contribution in [0.5, 0.6) is 11.6 Å². The summed E-state index contributed by atoms with van der Waals surface area (Å²) in [4.78, 5) is 6.70. The van der Waals surface area contributed by atoms with E-state index < -0.39 is 12.0 Å². The van der Waals surface area contributed by atoms with Gasteiger partial charge in [0.1, 0.15) is 11.6 Å². The molecule has 0 atom stereocenters. The van der Waals surface area contributed by atoms with Crippen LogP contribution in [0.3, 0.4) is 0 Å². The van der Waals surface area contributed by atoms with E-state index in [9.17, 15) is 13.2 Å². The van der Waals surface area contributed by atoms with Crippen molar-refractivity contribution in [3.63, 3.8) is 0 Å². The van der Waals surface area contributed by atoms with Crippen molar-refractivity contribution in [2.24, 2.45) is 0 Å². The number of hydrogen-bond donors (Lipinski definition) is 1. The molecule has 2 heterocycles. The zero-order chi connectivity index (χ0) is 13.6. The molecule has 2 N–H and O–H groups in total. The molecule has 0 amide bonds. The van der Waals surface area contributed by atoms with Crippen LogP contribution >= 0.6 is 0 Å². The second kappa shape index (κ2) is 3.84. The fourth-order valence-electron chi connectivity index (χ4n) is 1.90. The molecule has 7 heteroatoms. The summed E-state index contributed by atoms with van der Waals surface area (Å²) in [6.45, 7) is 0. The molecular weight excluding hydrogens is 259 g/mol. The molecule has 0 saturated carbocycles. The van der Waals surface area contributed by atoms with E-state index in [0.717, 1.165) is 5.56 Å². The predicted molar refractivity (Wildman–Crippen MR) is 60.8 cm³/mol. The van der Waals surface area contributed by atoms with Crippen molar-refractivity contribution in [1.29, 1.82) is 0 Å². The van der Waals surface area contributed by atoms with E-state index >= 15 is 0 Å². The minimum absolute atomic E-state index is 0.126. The number of aromatic nitrogens is 2. The standard InChI is InChI=1S/C12H8F3N3O/c13-12(14,15)11-17-9(16)7-5-6-3-1-2-4-8(6)19-10(7)18-11/h1-4H,5H2,(H2,16,17,18). The number of rotatable bonds is 0. The van der Waals surface area contributed by atoms with Crippen LogP contribution in [0, 0.1) is 0 Å². The quantitative estimate of drug-likeness (QED) is 0.680. The largest absolute Gasteiger partial charge is 0.451 e. The summed E-state index contributed by atoms with van der Waals surface area (Å²) in [6.07, 6.45) is -4.29. The number of halogens is 3. The summed E-state index contributed by atoms with van der Waals surface area (Å²) in [5, 5.41) is 0. The van der Waals surface area contributed by atoms with Gasteiger partial charge in [-0.05, 0) is 11.6 Å². The van der Waals surface area contributed by atoms with Crippen molar-refractivity contribution < 1.29 is 17.9 Å². The summed E-state index contributed by atoms with van der Waals surface area (Å²) in [7, 11) is 0. The van der Waals surface area contributed by atoms with Crippen LogP contribution in [-0.2, 0) is 12.6 Å². The van der Waals surface area contributed by atoms with Gasteiger partial charge < -0.3 is 10.5 Å². The van der Waals surface area contributed by atoms with Crippen molar-refractivity contribution in [2.45, 2.75) is 12.6 Å². The third kappa shape index (κ3) is 1.96. The minimum Gasteiger partial charge on any atom is -0.438 e. The van der Waals surface area contributed by atoms with Gasteiger partial charge >= 0.3 is 6.18 Å². The van der Waals surface area contributed by atoms with Crippen molar-refractivity contribution in [2.75, 3.05) is 5.73 Å². The lowest BCUT2D eigenvalue weighted by Crippen LogP contribution is -2.17. The maximum Gasteiger partial charge on any atom is 0.451 e. The molecule has 0 radical (unpaired) electrons. The Labute approximate surface area is 106 Å². The van der Waals surface area contributed by atoms with Crippen molar-refractivity contribution in [1.82, 2.24) is 9.97 Å². The van der Waals surface area contributed by atoms with E-state index in [0.29, 0.717) is 17.7 Å². The number of hydrogen-bond acceptors (Lipinski definition) is 4. The number of nitrogens with zero attached hydrogens (tertiary/aromatic N) is 2. The third-order valence-electron chi connectivity index (χ3n) is 2.80. The number of benzene rings is 1. The van der Waals surface area contributed by atoms with Crippen LogP contribution in [0.25, 0.3) is 0 Å². The number of fused-ring (bicyclic) bond motifs is 2. The van der Waals surface area contributed by atoms with E-state index in [2.05, 4.69) is 9.97 Å². The number of nitrogen functional groups attached to an aromatic ring is 1. The number of anilines is 1. The molecule has 19 heavy (non-hydrogen) atoms. The first kappa shape index (κ1) is 11.8. The zero-order valence-corrected chi connectivity index (χ0v) is 9.53. The Morgan fingerprint density at radius 3 is 2.63 bits per heavy atom. The fraction of sp³-hybridized carbons (Fsp3) is 0.167. The minimum atomic E-state index is -4.65. The Balaban J connectivity index is 2.11. The Morgan fingerprint density at radius 1 is 1.16 bits per heavy atom. The molecule has 0 spiro atoms. The van der Waals surface area contributed by atoms with Crippen LogP contribution in [0.4, 0.5) is 19.0 Å². The number of ether oxygens (including phenoxy) is 1. The van der Waals surface area contributed by atoms with E-state index in [1.165, 1.54) is 0 Å². The van der Waals surface area contributed by atoms with Gasteiger partial charge in [0.2, 0.25) is 11.7 Å². The first-order valence-electron chi connectivity index (χ1n) is 5.44. The van der Waals surface area contributed by atoms with Gasteiger partial charge in [0.05, 0.1) is 5.56 Å². The molecule has 4 nitrogen and oxygen atoms in total. The van der Waals surface area contributed by atoms with Gasteiger partial charge in [-0.1, -0.05) is 18.2 Å².